The van der Waals surface area contributed by atoms with Crippen molar-refractivity contribution in [2.75, 3.05) is 30.4 Å². The SMILES string of the molecule is CCc1nc(N)cc(N2CCOCC2(C)C)n1. The molecule has 2 heterocycles. The zero-order chi connectivity index (χ0) is 12.5. The van der Waals surface area contributed by atoms with Crippen LogP contribution in [0.3, 0.4) is 0 Å². The number of nitrogen functional groups attached to an aromatic ring is 1. The number of nitrogens with two attached hydrogens (primary N) is 1. The average Bonchev–Trinajstić information content (AvgIpc) is 2.27. The summed E-state index contributed by atoms with van der Waals surface area (Å²) in [5.41, 5.74) is 5.77. The van der Waals surface area contributed by atoms with Crippen LogP contribution in [0.15, 0.2) is 6.07 Å². The molecule has 1 saturated heterocycles. The molecule has 1 aromatic rings. The van der Waals surface area contributed by atoms with Gasteiger partial charge in [-0.05, 0) is 13.8 Å². The minimum atomic E-state index is -0.0515. The molecule has 1 aliphatic heterocycles. The zero-order valence-corrected chi connectivity index (χ0v) is 10.7. The highest BCUT2D eigenvalue weighted by Crippen LogP contribution is 2.26. The molecule has 0 aromatic carbocycles. The quantitative estimate of drug-likeness (QED) is 0.837. The van der Waals surface area contributed by atoms with E-state index in [1.54, 1.807) is 0 Å². The van der Waals surface area contributed by atoms with E-state index in [1.807, 2.05) is 13.0 Å². The Morgan fingerprint density at radius 2 is 2.24 bits per heavy atom. The van der Waals surface area contributed by atoms with E-state index in [2.05, 4.69) is 28.7 Å². The first-order valence-electron chi connectivity index (χ1n) is 6.02. The third-order valence-corrected chi connectivity index (χ3v) is 3.02. The second-order valence-electron chi connectivity index (χ2n) is 4.94. The molecule has 1 aliphatic rings. The summed E-state index contributed by atoms with van der Waals surface area (Å²) < 4.78 is 5.51. The molecule has 0 unspecified atom stereocenters. The van der Waals surface area contributed by atoms with Gasteiger partial charge in [0.25, 0.3) is 0 Å². The van der Waals surface area contributed by atoms with Crippen LogP contribution in [0.1, 0.15) is 26.6 Å². The van der Waals surface area contributed by atoms with Crippen LogP contribution in [0, 0.1) is 0 Å². The van der Waals surface area contributed by atoms with Crippen LogP contribution in [-0.2, 0) is 11.2 Å². The molecule has 1 aromatic heterocycles. The van der Waals surface area contributed by atoms with Crippen LogP contribution in [0.4, 0.5) is 11.6 Å². The number of nitrogens with zero attached hydrogens (tertiary/aromatic N) is 3. The van der Waals surface area contributed by atoms with Crippen LogP contribution in [-0.4, -0.2) is 35.3 Å². The van der Waals surface area contributed by atoms with E-state index in [0.29, 0.717) is 12.4 Å². The van der Waals surface area contributed by atoms with Gasteiger partial charge in [0.15, 0.2) is 0 Å². The van der Waals surface area contributed by atoms with Crippen LogP contribution >= 0.6 is 0 Å². The summed E-state index contributed by atoms with van der Waals surface area (Å²) >= 11 is 0. The molecule has 2 N–H and O–H groups in total. The molecule has 0 saturated carbocycles. The minimum Gasteiger partial charge on any atom is -0.384 e. The molecule has 17 heavy (non-hydrogen) atoms. The number of anilines is 2. The maximum Gasteiger partial charge on any atom is 0.135 e. The molecule has 0 aliphatic carbocycles. The van der Waals surface area contributed by atoms with Gasteiger partial charge in [-0.1, -0.05) is 6.92 Å². The third-order valence-electron chi connectivity index (χ3n) is 3.02. The Bertz CT molecular complexity index is 405. The van der Waals surface area contributed by atoms with E-state index < -0.39 is 0 Å². The van der Waals surface area contributed by atoms with Gasteiger partial charge in [0.05, 0.1) is 18.8 Å². The highest BCUT2D eigenvalue weighted by Gasteiger charge is 2.31. The fourth-order valence-corrected chi connectivity index (χ4v) is 2.08. The second kappa shape index (κ2) is 4.49. The van der Waals surface area contributed by atoms with E-state index in [4.69, 9.17) is 10.5 Å². The maximum absolute atomic E-state index is 5.82. The molecule has 5 heteroatoms. The summed E-state index contributed by atoms with van der Waals surface area (Å²) in [5, 5.41) is 0. The van der Waals surface area contributed by atoms with Crippen molar-refractivity contribution in [3.8, 4) is 0 Å². The van der Waals surface area contributed by atoms with Crippen molar-refractivity contribution in [1.82, 2.24) is 9.97 Å². The number of rotatable bonds is 2. The lowest BCUT2D eigenvalue weighted by Crippen LogP contribution is -2.53. The molecule has 5 nitrogen and oxygen atoms in total. The van der Waals surface area contributed by atoms with Gasteiger partial charge in [0.2, 0.25) is 0 Å². The zero-order valence-electron chi connectivity index (χ0n) is 10.7. The smallest absolute Gasteiger partial charge is 0.135 e. The van der Waals surface area contributed by atoms with Gasteiger partial charge in [0.1, 0.15) is 17.5 Å². The van der Waals surface area contributed by atoms with Gasteiger partial charge in [-0.15, -0.1) is 0 Å². The van der Waals surface area contributed by atoms with Crippen molar-refractivity contribution in [2.24, 2.45) is 0 Å². The molecule has 2 rings (SSSR count). The van der Waals surface area contributed by atoms with E-state index in [-0.39, 0.29) is 5.54 Å². The molecule has 0 spiro atoms. The van der Waals surface area contributed by atoms with Gasteiger partial charge in [-0.3, -0.25) is 0 Å². The van der Waals surface area contributed by atoms with Crippen molar-refractivity contribution in [1.29, 1.82) is 0 Å². The van der Waals surface area contributed by atoms with E-state index in [0.717, 1.165) is 31.2 Å². The Hall–Kier alpha value is -1.36. The van der Waals surface area contributed by atoms with Crippen LogP contribution in [0.5, 0.6) is 0 Å². The molecule has 0 atom stereocenters. The van der Waals surface area contributed by atoms with Crippen molar-refractivity contribution >= 4 is 11.6 Å². The van der Waals surface area contributed by atoms with Crippen LogP contribution in [0.2, 0.25) is 0 Å². The molecular weight excluding hydrogens is 216 g/mol. The van der Waals surface area contributed by atoms with Crippen molar-refractivity contribution in [3.63, 3.8) is 0 Å². The van der Waals surface area contributed by atoms with E-state index >= 15 is 0 Å². The lowest BCUT2D eigenvalue weighted by molar-refractivity contribution is 0.0639. The summed E-state index contributed by atoms with van der Waals surface area (Å²) in [6.07, 6.45) is 0.794. The highest BCUT2D eigenvalue weighted by molar-refractivity contribution is 5.49. The molecule has 0 bridgehead atoms. The Morgan fingerprint density at radius 3 is 2.88 bits per heavy atom. The first kappa shape index (κ1) is 12.1. The second-order valence-corrected chi connectivity index (χ2v) is 4.94. The standard InChI is InChI=1S/C12H20N4O/c1-4-10-14-9(13)7-11(15-10)16-5-6-17-8-12(16,2)3/h7H,4-6,8H2,1-3H3,(H2,13,14,15). The van der Waals surface area contributed by atoms with Gasteiger partial charge in [-0.2, -0.15) is 0 Å². The normalized spacial score (nSPS) is 19.4. The van der Waals surface area contributed by atoms with Gasteiger partial charge < -0.3 is 15.4 Å². The summed E-state index contributed by atoms with van der Waals surface area (Å²) in [5.74, 6) is 2.24. The van der Waals surface area contributed by atoms with Crippen molar-refractivity contribution in [3.05, 3.63) is 11.9 Å². The lowest BCUT2D eigenvalue weighted by atomic mass is 10.0. The number of hydrogen-bond acceptors (Lipinski definition) is 5. The number of aromatic nitrogens is 2. The molecule has 0 amide bonds. The summed E-state index contributed by atoms with van der Waals surface area (Å²) in [7, 11) is 0. The van der Waals surface area contributed by atoms with Gasteiger partial charge in [0, 0.05) is 19.0 Å². The number of morpholine rings is 1. The first-order valence-corrected chi connectivity index (χ1v) is 6.02. The Kier molecular flexibility index (Phi) is 3.19. The molecule has 0 radical (unpaired) electrons. The fourth-order valence-electron chi connectivity index (χ4n) is 2.08. The highest BCUT2D eigenvalue weighted by atomic mass is 16.5. The summed E-state index contributed by atoms with van der Waals surface area (Å²) in [6.45, 7) is 8.61. The third kappa shape index (κ3) is 2.49. The van der Waals surface area contributed by atoms with Crippen LogP contribution in [0.25, 0.3) is 0 Å². The molecule has 94 valence electrons. The first-order chi connectivity index (χ1) is 8.03. The predicted molar refractivity (Wildman–Crippen MR) is 68.1 cm³/mol. The van der Waals surface area contributed by atoms with Crippen LogP contribution < -0.4 is 10.6 Å². The Balaban J connectivity index is 2.35. The fraction of sp³-hybridized carbons (Fsp3) is 0.667. The largest absolute Gasteiger partial charge is 0.384 e. The monoisotopic (exact) mass is 236 g/mol. The van der Waals surface area contributed by atoms with Gasteiger partial charge in [-0.25, -0.2) is 9.97 Å². The maximum atomic E-state index is 5.82. The molecule has 1 fully saturated rings. The summed E-state index contributed by atoms with van der Waals surface area (Å²) in [4.78, 5) is 11.0. The average molecular weight is 236 g/mol. The number of ether oxygens (including phenoxy) is 1. The molecular formula is C12H20N4O. The number of hydrogen-bond donors (Lipinski definition) is 1. The topological polar surface area (TPSA) is 64.3 Å². The number of aryl methyl sites for hydroxylation is 1. The van der Waals surface area contributed by atoms with E-state index in [9.17, 15) is 0 Å². The van der Waals surface area contributed by atoms with E-state index in [1.165, 1.54) is 0 Å². The van der Waals surface area contributed by atoms with Crippen molar-refractivity contribution < 1.29 is 4.74 Å². The minimum absolute atomic E-state index is 0.0515. The predicted octanol–water partition coefficient (Wildman–Crippen LogP) is 1.24. The summed E-state index contributed by atoms with van der Waals surface area (Å²) in [6, 6.07) is 1.84. The lowest BCUT2D eigenvalue weighted by Gasteiger charge is -2.43. The Morgan fingerprint density at radius 1 is 1.47 bits per heavy atom. The van der Waals surface area contributed by atoms with Crippen molar-refractivity contribution in [2.45, 2.75) is 32.7 Å². The Labute approximate surface area is 102 Å². The van der Waals surface area contributed by atoms with Gasteiger partial charge >= 0.3 is 0 Å².